The largest absolute Gasteiger partial charge is 0.479 e. The first kappa shape index (κ1) is 20.8. The highest BCUT2D eigenvalue weighted by atomic mass is 35.5. The Balaban J connectivity index is 2.17. The zero-order valence-electron chi connectivity index (χ0n) is 16.0. The number of carbonyl (C=O) groups is 2. The number of ether oxygens (including phenoxy) is 1. The Bertz CT molecular complexity index is 815. The molecule has 0 aliphatic rings. The van der Waals surface area contributed by atoms with Crippen molar-refractivity contribution in [2.75, 3.05) is 5.32 Å². The van der Waals surface area contributed by atoms with Crippen LogP contribution in [0.1, 0.15) is 44.5 Å². The van der Waals surface area contributed by atoms with Gasteiger partial charge >= 0.3 is 0 Å². The van der Waals surface area contributed by atoms with Crippen molar-refractivity contribution in [2.24, 2.45) is 0 Å². The third kappa shape index (κ3) is 6.00. The lowest BCUT2D eigenvalue weighted by Gasteiger charge is -2.22. The molecule has 2 rings (SSSR count). The van der Waals surface area contributed by atoms with Crippen LogP contribution in [-0.2, 0) is 4.79 Å². The van der Waals surface area contributed by atoms with Gasteiger partial charge in [-0.05, 0) is 51.5 Å². The summed E-state index contributed by atoms with van der Waals surface area (Å²) < 4.78 is 5.76. The van der Waals surface area contributed by atoms with E-state index in [1.807, 2.05) is 27.7 Å². The first-order valence-electron chi connectivity index (χ1n) is 8.85. The Morgan fingerprint density at radius 1 is 1.07 bits per heavy atom. The van der Waals surface area contributed by atoms with Crippen LogP contribution >= 0.6 is 11.6 Å². The van der Waals surface area contributed by atoms with Crippen molar-refractivity contribution in [3.05, 3.63) is 59.1 Å². The van der Waals surface area contributed by atoms with Crippen molar-refractivity contribution < 1.29 is 14.3 Å². The third-order valence-electron chi connectivity index (χ3n) is 3.69. The number of carbonyl (C=O) groups excluding carboxylic acids is 2. The van der Waals surface area contributed by atoms with Gasteiger partial charge in [0, 0.05) is 5.54 Å². The summed E-state index contributed by atoms with van der Waals surface area (Å²) in [4.78, 5) is 25.2. The highest BCUT2D eigenvalue weighted by molar-refractivity contribution is 6.32. The number of benzene rings is 2. The van der Waals surface area contributed by atoms with Crippen molar-refractivity contribution in [3.8, 4) is 5.75 Å². The maximum atomic E-state index is 12.7. The van der Waals surface area contributed by atoms with Gasteiger partial charge < -0.3 is 15.4 Å². The van der Waals surface area contributed by atoms with E-state index in [4.69, 9.17) is 16.3 Å². The van der Waals surface area contributed by atoms with E-state index in [1.54, 1.807) is 48.5 Å². The van der Waals surface area contributed by atoms with Crippen molar-refractivity contribution in [1.29, 1.82) is 0 Å². The van der Waals surface area contributed by atoms with Crippen LogP contribution in [0.5, 0.6) is 5.75 Å². The summed E-state index contributed by atoms with van der Waals surface area (Å²) in [5.41, 5.74) is 0.451. The van der Waals surface area contributed by atoms with Gasteiger partial charge in [0.05, 0.1) is 16.3 Å². The number of anilines is 1. The maximum absolute atomic E-state index is 12.7. The number of rotatable bonds is 6. The summed E-state index contributed by atoms with van der Waals surface area (Å²) in [5, 5.41) is 6.14. The molecule has 0 unspecified atom stereocenters. The standard InChI is InChI=1S/C21H25ClN2O3/c1-5-17(27-18-13-9-7-11-15(18)22)20(26)23-16-12-8-6-10-14(16)19(25)24-21(2,3)4/h6-13,17H,5H2,1-4H3,(H,23,26)(H,24,25)/t17-/m0/s1. The van der Waals surface area contributed by atoms with Crippen LogP contribution in [0, 0.1) is 0 Å². The molecule has 0 aromatic heterocycles. The molecule has 0 spiro atoms. The molecule has 1 atom stereocenters. The molecule has 2 amide bonds. The van der Waals surface area contributed by atoms with Gasteiger partial charge in [-0.3, -0.25) is 9.59 Å². The van der Waals surface area contributed by atoms with Crippen molar-refractivity contribution in [1.82, 2.24) is 5.32 Å². The van der Waals surface area contributed by atoms with E-state index in [2.05, 4.69) is 10.6 Å². The number of hydrogen-bond donors (Lipinski definition) is 2. The van der Waals surface area contributed by atoms with Crippen LogP contribution in [0.2, 0.25) is 5.02 Å². The molecule has 0 heterocycles. The lowest BCUT2D eigenvalue weighted by molar-refractivity contribution is -0.122. The van der Waals surface area contributed by atoms with Crippen LogP contribution in [0.3, 0.4) is 0 Å². The second kappa shape index (κ2) is 8.91. The fourth-order valence-corrected chi connectivity index (χ4v) is 2.61. The van der Waals surface area contributed by atoms with E-state index in [9.17, 15) is 9.59 Å². The summed E-state index contributed by atoms with van der Waals surface area (Å²) >= 11 is 6.11. The minimum absolute atomic E-state index is 0.251. The quantitative estimate of drug-likeness (QED) is 0.755. The van der Waals surface area contributed by atoms with E-state index < -0.39 is 6.10 Å². The Hall–Kier alpha value is -2.53. The summed E-state index contributed by atoms with van der Waals surface area (Å²) in [7, 11) is 0. The van der Waals surface area contributed by atoms with Crippen LogP contribution < -0.4 is 15.4 Å². The van der Waals surface area contributed by atoms with Gasteiger partial charge in [0.2, 0.25) is 0 Å². The van der Waals surface area contributed by atoms with Gasteiger partial charge in [0.15, 0.2) is 6.10 Å². The Morgan fingerprint density at radius 3 is 2.33 bits per heavy atom. The summed E-state index contributed by atoms with van der Waals surface area (Å²) in [6, 6.07) is 13.9. The van der Waals surface area contributed by atoms with Crippen molar-refractivity contribution in [3.63, 3.8) is 0 Å². The summed E-state index contributed by atoms with van der Waals surface area (Å²) in [6.45, 7) is 7.54. The zero-order valence-corrected chi connectivity index (χ0v) is 16.8. The van der Waals surface area contributed by atoms with Gasteiger partial charge in [0.25, 0.3) is 11.8 Å². The summed E-state index contributed by atoms with van der Waals surface area (Å²) in [6.07, 6.45) is -0.281. The predicted octanol–water partition coefficient (Wildman–Crippen LogP) is 4.66. The van der Waals surface area contributed by atoms with Crippen LogP contribution in [-0.4, -0.2) is 23.5 Å². The third-order valence-corrected chi connectivity index (χ3v) is 4.00. The fourth-order valence-electron chi connectivity index (χ4n) is 2.43. The minimum atomic E-state index is -0.733. The molecule has 0 saturated carbocycles. The van der Waals surface area contributed by atoms with E-state index in [0.717, 1.165) is 0 Å². The highest BCUT2D eigenvalue weighted by Gasteiger charge is 2.23. The van der Waals surface area contributed by atoms with Gasteiger partial charge in [-0.25, -0.2) is 0 Å². The first-order valence-corrected chi connectivity index (χ1v) is 9.22. The van der Waals surface area contributed by atoms with Crippen molar-refractivity contribution in [2.45, 2.75) is 45.8 Å². The molecule has 27 heavy (non-hydrogen) atoms. The molecule has 0 aliphatic carbocycles. The Kier molecular flexibility index (Phi) is 6.86. The number of nitrogens with one attached hydrogen (secondary N) is 2. The highest BCUT2D eigenvalue weighted by Crippen LogP contribution is 2.25. The molecule has 2 aromatic rings. The molecule has 2 aromatic carbocycles. The lowest BCUT2D eigenvalue weighted by Crippen LogP contribution is -2.41. The zero-order chi connectivity index (χ0) is 20.0. The lowest BCUT2D eigenvalue weighted by atomic mass is 10.1. The molecule has 0 aliphatic heterocycles. The smallest absolute Gasteiger partial charge is 0.265 e. The normalized spacial score (nSPS) is 12.2. The number of hydrogen-bond acceptors (Lipinski definition) is 3. The van der Waals surface area contributed by atoms with E-state index in [0.29, 0.717) is 28.4 Å². The van der Waals surface area contributed by atoms with Crippen molar-refractivity contribution >= 4 is 29.1 Å². The fraction of sp³-hybridized carbons (Fsp3) is 0.333. The summed E-state index contributed by atoms with van der Waals surface area (Å²) in [5.74, 6) is -0.146. The number of para-hydroxylation sites is 2. The molecule has 6 heteroatoms. The molecule has 0 saturated heterocycles. The SMILES string of the molecule is CC[C@H](Oc1ccccc1Cl)C(=O)Nc1ccccc1C(=O)NC(C)(C)C. The molecule has 0 fully saturated rings. The number of halogens is 1. The number of amides is 2. The second-order valence-corrected chi connectivity index (χ2v) is 7.59. The average Bonchev–Trinajstić information content (AvgIpc) is 2.60. The molecule has 5 nitrogen and oxygen atoms in total. The predicted molar refractivity (Wildman–Crippen MR) is 108 cm³/mol. The van der Waals surface area contributed by atoms with Gasteiger partial charge in [0.1, 0.15) is 5.75 Å². The van der Waals surface area contributed by atoms with Gasteiger partial charge in [-0.1, -0.05) is 42.8 Å². The maximum Gasteiger partial charge on any atom is 0.265 e. The first-order chi connectivity index (χ1) is 12.7. The molecule has 2 N–H and O–H groups in total. The second-order valence-electron chi connectivity index (χ2n) is 7.18. The van der Waals surface area contributed by atoms with Gasteiger partial charge in [-0.15, -0.1) is 0 Å². The van der Waals surface area contributed by atoms with Crippen LogP contribution in [0.25, 0.3) is 0 Å². The topological polar surface area (TPSA) is 67.4 Å². The van der Waals surface area contributed by atoms with E-state index in [1.165, 1.54) is 0 Å². The Morgan fingerprint density at radius 2 is 1.70 bits per heavy atom. The van der Waals surface area contributed by atoms with E-state index >= 15 is 0 Å². The molecule has 0 radical (unpaired) electrons. The monoisotopic (exact) mass is 388 g/mol. The molecule has 144 valence electrons. The van der Waals surface area contributed by atoms with Gasteiger partial charge in [-0.2, -0.15) is 0 Å². The molecular formula is C21H25ClN2O3. The van der Waals surface area contributed by atoms with E-state index in [-0.39, 0.29) is 17.4 Å². The van der Waals surface area contributed by atoms with Crippen LogP contribution in [0.4, 0.5) is 5.69 Å². The minimum Gasteiger partial charge on any atom is -0.479 e. The molecule has 0 bridgehead atoms. The molecular weight excluding hydrogens is 364 g/mol. The Labute approximate surface area is 165 Å². The van der Waals surface area contributed by atoms with Crippen LogP contribution in [0.15, 0.2) is 48.5 Å². The average molecular weight is 389 g/mol.